The highest BCUT2D eigenvalue weighted by molar-refractivity contribution is 7.80. The first-order valence-electron chi connectivity index (χ1n) is 14.0. The molecule has 0 saturated carbocycles. The van der Waals surface area contributed by atoms with Gasteiger partial charge in [-0.2, -0.15) is 5.26 Å². The van der Waals surface area contributed by atoms with E-state index < -0.39 is 16.8 Å². The highest BCUT2D eigenvalue weighted by Crippen LogP contribution is 2.32. The average molecular weight is 607 g/mol. The molecule has 0 atom stereocenters. The van der Waals surface area contributed by atoms with E-state index >= 15 is 0 Å². The van der Waals surface area contributed by atoms with Crippen LogP contribution in [0.1, 0.15) is 86.8 Å². The molecule has 1 N–H and O–H groups in total. The minimum absolute atomic E-state index is 0.0171. The summed E-state index contributed by atoms with van der Waals surface area (Å²) < 4.78 is 14.9. The van der Waals surface area contributed by atoms with Gasteiger partial charge in [0.25, 0.3) is 0 Å². The Labute approximate surface area is 257 Å². The van der Waals surface area contributed by atoms with Crippen molar-refractivity contribution in [3.63, 3.8) is 0 Å². The first-order valence-corrected chi connectivity index (χ1v) is 14.8. The van der Waals surface area contributed by atoms with Crippen LogP contribution in [0.15, 0.2) is 36.4 Å². The van der Waals surface area contributed by atoms with Crippen LogP contribution in [0.25, 0.3) is 0 Å². The lowest BCUT2D eigenvalue weighted by Crippen LogP contribution is -2.54. The molecule has 0 aliphatic rings. The summed E-state index contributed by atoms with van der Waals surface area (Å²) in [4.78, 5) is 27.1. The van der Waals surface area contributed by atoms with Crippen LogP contribution in [0.5, 0.6) is 0 Å². The van der Waals surface area contributed by atoms with Crippen LogP contribution in [-0.2, 0) is 16.0 Å². The van der Waals surface area contributed by atoms with Gasteiger partial charge in [-0.15, -0.1) is 0 Å². The number of aryl methyl sites for hydroxylation is 1. The van der Waals surface area contributed by atoms with Crippen molar-refractivity contribution in [1.82, 2.24) is 5.32 Å². The lowest BCUT2D eigenvalue weighted by molar-refractivity contribution is -0.129. The van der Waals surface area contributed by atoms with E-state index in [0.29, 0.717) is 18.5 Å². The molecule has 2 aromatic carbocycles. The second-order valence-electron chi connectivity index (χ2n) is 9.45. The molecule has 1 amide bonds. The van der Waals surface area contributed by atoms with E-state index in [0.717, 1.165) is 11.8 Å². The number of anilines is 2. The van der Waals surface area contributed by atoms with Gasteiger partial charge >= 0.3 is 0 Å². The lowest BCUT2D eigenvalue weighted by atomic mass is 9.85. The Hall–Kier alpha value is -3.02. The summed E-state index contributed by atoms with van der Waals surface area (Å²) >= 11 is 11.7. The van der Waals surface area contributed by atoms with Gasteiger partial charge in [0.05, 0.1) is 21.8 Å². The number of aldehydes is 1. The summed E-state index contributed by atoms with van der Waals surface area (Å²) in [5.41, 5.74) is 0.231. The fourth-order valence-electron chi connectivity index (χ4n) is 3.60. The summed E-state index contributed by atoms with van der Waals surface area (Å²) in [5.74, 6) is -0.787. The Morgan fingerprint density at radius 3 is 2.00 bits per heavy atom. The van der Waals surface area contributed by atoms with E-state index in [9.17, 15) is 14.0 Å². The number of benzene rings is 2. The summed E-state index contributed by atoms with van der Waals surface area (Å²) in [5, 5.41) is 11.7. The minimum atomic E-state index is -1.04. The van der Waals surface area contributed by atoms with Crippen LogP contribution in [0.2, 0.25) is 5.02 Å². The smallest absolute Gasteiger partial charge is 0.225 e. The van der Waals surface area contributed by atoms with Crippen molar-refractivity contribution in [2.75, 3.05) is 23.9 Å². The third-order valence-electron chi connectivity index (χ3n) is 5.96. The van der Waals surface area contributed by atoms with Gasteiger partial charge < -0.3 is 19.9 Å². The molecular weight excluding hydrogens is 559 g/mol. The molecule has 0 saturated heterocycles. The van der Waals surface area contributed by atoms with Gasteiger partial charge in [0.15, 0.2) is 10.9 Å². The number of amides is 1. The maximum Gasteiger partial charge on any atom is 0.225 e. The van der Waals surface area contributed by atoms with Crippen LogP contribution < -0.4 is 15.1 Å². The van der Waals surface area contributed by atoms with Crippen LogP contribution in [0.4, 0.5) is 15.8 Å². The van der Waals surface area contributed by atoms with Crippen molar-refractivity contribution in [3.8, 4) is 6.07 Å². The van der Waals surface area contributed by atoms with E-state index in [4.69, 9.17) is 29.1 Å². The number of hydrogen-bond donors (Lipinski definition) is 1. The highest BCUT2D eigenvalue weighted by Gasteiger charge is 2.33. The number of halogens is 2. The summed E-state index contributed by atoms with van der Waals surface area (Å²) in [6.45, 7) is 19.2. The number of nitriles is 1. The van der Waals surface area contributed by atoms with Gasteiger partial charge in [-0.25, -0.2) is 4.39 Å². The molecule has 9 heteroatoms. The number of carbonyl (C=O) groups is 2. The molecule has 6 nitrogen and oxygen atoms in total. The number of hydrogen-bond acceptors (Lipinski definition) is 4. The molecule has 0 aromatic heterocycles. The third kappa shape index (κ3) is 10.7. The zero-order chi connectivity index (χ0) is 32.6. The highest BCUT2D eigenvalue weighted by atomic mass is 35.5. The van der Waals surface area contributed by atoms with Crippen molar-refractivity contribution in [1.29, 1.82) is 5.26 Å². The largest absolute Gasteiger partial charge is 0.359 e. The summed E-state index contributed by atoms with van der Waals surface area (Å²) in [6.07, 6.45) is 2.13. The molecule has 0 radical (unpaired) electrons. The molecule has 2 rings (SSSR count). The van der Waals surface area contributed by atoms with E-state index in [2.05, 4.69) is 5.32 Å². The van der Waals surface area contributed by atoms with E-state index in [1.54, 1.807) is 32.8 Å². The number of thiocarbonyl (C=S) groups is 1. The minimum Gasteiger partial charge on any atom is -0.359 e. The fourth-order valence-corrected chi connectivity index (χ4v) is 4.24. The molecule has 0 heterocycles. The second-order valence-corrected chi connectivity index (χ2v) is 10.2. The molecule has 0 spiro atoms. The number of carbonyl (C=O) groups excluding carboxylic acids is 2. The second kappa shape index (κ2) is 19.2. The van der Waals surface area contributed by atoms with E-state index in [1.807, 2.05) is 85.7 Å². The molecule has 0 bridgehead atoms. The standard InChI is InChI=1S/C26H30ClFN4O2S.3C2H6/c1-25(2,23(34)30-5)14-13-17-7-10-19(11-8-17)32(26(3,4)16-33)24(35)31(6)20-12-9-18(15-29)21(27)22(20)28;3*1-2/h7-12,16H,13-14H2,1-6H3,(H,30,34);3*1-2H3. The molecule has 0 aliphatic carbocycles. The van der Waals surface area contributed by atoms with Crippen molar-refractivity contribution >= 4 is 52.5 Å². The molecule has 0 unspecified atom stereocenters. The average Bonchev–Trinajstić information content (AvgIpc) is 3.00. The van der Waals surface area contributed by atoms with Gasteiger partial charge in [0.1, 0.15) is 12.4 Å². The first kappa shape index (κ1) is 40.1. The van der Waals surface area contributed by atoms with Gasteiger partial charge in [0.2, 0.25) is 5.91 Å². The topological polar surface area (TPSA) is 76.4 Å². The molecular formula is C32H48ClFN4O2S. The van der Waals surface area contributed by atoms with Crippen molar-refractivity contribution < 1.29 is 14.0 Å². The van der Waals surface area contributed by atoms with E-state index in [1.165, 1.54) is 17.0 Å². The van der Waals surface area contributed by atoms with Gasteiger partial charge in [0, 0.05) is 25.2 Å². The Balaban J connectivity index is 0. The Kier molecular flexibility index (Phi) is 18.8. The number of nitrogens with zero attached hydrogens (tertiary/aromatic N) is 3. The van der Waals surface area contributed by atoms with Crippen LogP contribution in [-0.4, -0.2) is 36.9 Å². The molecule has 41 heavy (non-hydrogen) atoms. The van der Waals surface area contributed by atoms with Gasteiger partial charge in [-0.1, -0.05) is 79.1 Å². The Bertz CT molecular complexity index is 1160. The van der Waals surface area contributed by atoms with Crippen LogP contribution >= 0.6 is 23.8 Å². The van der Waals surface area contributed by atoms with Crippen molar-refractivity contribution in [3.05, 3.63) is 58.4 Å². The van der Waals surface area contributed by atoms with E-state index in [-0.39, 0.29) is 27.3 Å². The maximum atomic E-state index is 14.9. The number of rotatable bonds is 8. The molecule has 228 valence electrons. The summed E-state index contributed by atoms with van der Waals surface area (Å²) in [6, 6.07) is 12.2. The number of nitrogens with one attached hydrogen (secondary N) is 1. The van der Waals surface area contributed by atoms with Crippen LogP contribution in [0, 0.1) is 22.6 Å². The maximum absolute atomic E-state index is 14.9. The molecule has 0 aliphatic heterocycles. The lowest BCUT2D eigenvalue weighted by Gasteiger charge is -2.39. The Morgan fingerprint density at radius 2 is 1.56 bits per heavy atom. The van der Waals surface area contributed by atoms with Crippen LogP contribution in [0.3, 0.4) is 0 Å². The predicted octanol–water partition coefficient (Wildman–Crippen LogP) is 8.34. The van der Waals surface area contributed by atoms with Gasteiger partial charge in [-0.3, -0.25) is 4.79 Å². The van der Waals surface area contributed by atoms with Gasteiger partial charge in [-0.05, 0) is 68.7 Å². The molecule has 2 aromatic rings. The van der Waals surface area contributed by atoms with Crippen molar-refractivity contribution in [2.24, 2.45) is 5.41 Å². The monoisotopic (exact) mass is 606 g/mol. The third-order valence-corrected chi connectivity index (χ3v) is 6.79. The Morgan fingerprint density at radius 1 is 1.05 bits per heavy atom. The quantitative estimate of drug-likeness (QED) is 0.240. The first-order chi connectivity index (χ1) is 19.3. The molecule has 0 fully saturated rings. The fraction of sp³-hybridized carbons (Fsp3) is 0.500. The normalized spacial score (nSPS) is 10.2. The zero-order valence-electron chi connectivity index (χ0n) is 26.8. The van der Waals surface area contributed by atoms with Crippen molar-refractivity contribution in [2.45, 2.75) is 87.6 Å². The summed E-state index contributed by atoms with van der Waals surface area (Å²) in [7, 11) is 3.20. The SMILES string of the molecule is CC.CC.CC.CNC(=O)C(C)(C)CCc1ccc(N(C(=S)N(C)c2ccc(C#N)c(Cl)c2F)C(C)(C)C=O)cc1. The zero-order valence-corrected chi connectivity index (χ0v) is 28.4. The predicted molar refractivity (Wildman–Crippen MR) is 176 cm³/mol.